The quantitative estimate of drug-likeness (QED) is 0.816. The van der Waals surface area contributed by atoms with Crippen LogP contribution < -0.4 is 0 Å². The van der Waals surface area contributed by atoms with Crippen molar-refractivity contribution in [1.82, 2.24) is 9.29 Å². The molecule has 0 spiro atoms. The van der Waals surface area contributed by atoms with Crippen LogP contribution in [0.5, 0.6) is 0 Å². The monoisotopic (exact) mass is 259 g/mol. The molecule has 0 aliphatic heterocycles. The minimum absolute atomic E-state index is 0.0443. The van der Waals surface area contributed by atoms with Gasteiger partial charge in [0, 0.05) is 32.4 Å². The highest BCUT2D eigenvalue weighted by Crippen LogP contribution is 2.22. The predicted molar refractivity (Wildman–Crippen MR) is 59.3 cm³/mol. The highest BCUT2D eigenvalue weighted by molar-refractivity contribution is 7.89. The van der Waals surface area contributed by atoms with E-state index in [9.17, 15) is 8.42 Å². The third-order valence-electron chi connectivity index (χ3n) is 1.96. The van der Waals surface area contributed by atoms with E-state index in [1.54, 1.807) is 0 Å². The number of nitriles is 1. The second-order valence-corrected chi connectivity index (χ2v) is 5.46. The molecule has 1 aromatic heterocycles. The molecule has 1 heterocycles. The molecule has 0 bridgehead atoms. The summed E-state index contributed by atoms with van der Waals surface area (Å²) < 4.78 is 25.0. The summed E-state index contributed by atoms with van der Waals surface area (Å²) in [6.07, 6.45) is 2.74. The maximum Gasteiger partial charge on any atom is 0.245 e. The van der Waals surface area contributed by atoms with Crippen LogP contribution >= 0.6 is 11.6 Å². The van der Waals surface area contributed by atoms with E-state index in [0.29, 0.717) is 0 Å². The van der Waals surface area contributed by atoms with Crippen molar-refractivity contribution < 1.29 is 8.42 Å². The van der Waals surface area contributed by atoms with E-state index < -0.39 is 10.0 Å². The van der Waals surface area contributed by atoms with Crippen molar-refractivity contribution in [2.75, 3.05) is 13.6 Å². The fraction of sp³-hybridized carbons (Fsp3) is 0.333. The lowest BCUT2D eigenvalue weighted by Crippen LogP contribution is -2.28. The van der Waals surface area contributed by atoms with Gasteiger partial charge in [0.15, 0.2) is 0 Å². The number of halogens is 1. The predicted octanol–water partition coefficient (Wildman–Crippen LogP) is 1.27. The topological polar surface area (TPSA) is 74.1 Å². The average Bonchev–Trinajstić information content (AvgIpc) is 2.26. The first-order valence-corrected chi connectivity index (χ1v) is 6.24. The van der Waals surface area contributed by atoms with Gasteiger partial charge < -0.3 is 0 Å². The Balaban J connectivity index is 3.04. The van der Waals surface area contributed by atoms with Gasteiger partial charge in [0.05, 0.1) is 11.1 Å². The van der Waals surface area contributed by atoms with E-state index in [1.165, 1.54) is 25.5 Å². The van der Waals surface area contributed by atoms with E-state index in [1.807, 2.05) is 6.07 Å². The van der Waals surface area contributed by atoms with Gasteiger partial charge in [-0.25, -0.2) is 8.42 Å². The second-order valence-electron chi connectivity index (χ2n) is 3.04. The van der Waals surface area contributed by atoms with Crippen LogP contribution in [0.2, 0.25) is 5.02 Å². The molecule has 5 nitrogen and oxygen atoms in total. The van der Waals surface area contributed by atoms with Gasteiger partial charge >= 0.3 is 0 Å². The van der Waals surface area contributed by atoms with Crippen LogP contribution in [0.4, 0.5) is 0 Å². The maximum absolute atomic E-state index is 12.0. The average molecular weight is 260 g/mol. The summed E-state index contributed by atoms with van der Waals surface area (Å²) in [5, 5.41) is 8.52. The van der Waals surface area contributed by atoms with Gasteiger partial charge in [-0.05, 0) is 6.07 Å². The van der Waals surface area contributed by atoms with E-state index in [2.05, 4.69) is 4.98 Å². The Morgan fingerprint density at radius 1 is 1.62 bits per heavy atom. The lowest BCUT2D eigenvalue weighted by molar-refractivity contribution is 0.476. The molecule has 86 valence electrons. The molecular weight excluding hydrogens is 250 g/mol. The first-order chi connectivity index (χ1) is 7.50. The summed E-state index contributed by atoms with van der Waals surface area (Å²) in [7, 11) is -2.26. The summed E-state index contributed by atoms with van der Waals surface area (Å²) in [4.78, 5) is 3.67. The van der Waals surface area contributed by atoms with Crippen LogP contribution in [0.25, 0.3) is 0 Å². The summed E-state index contributed by atoms with van der Waals surface area (Å²) in [5.41, 5.74) is 0. The Morgan fingerprint density at radius 2 is 2.31 bits per heavy atom. The molecule has 0 N–H and O–H groups in total. The third-order valence-corrected chi connectivity index (χ3v) is 4.29. The molecule has 0 radical (unpaired) electrons. The Morgan fingerprint density at radius 3 is 2.88 bits per heavy atom. The molecule has 0 saturated heterocycles. The lowest BCUT2D eigenvalue weighted by atomic mass is 10.5. The molecular formula is C9H10ClN3O2S. The van der Waals surface area contributed by atoms with E-state index in [-0.39, 0.29) is 22.9 Å². The molecule has 0 aromatic carbocycles. The summed E-state index contributed by atoms with van der Waals surface area (Å²) in [6, 6.07) is 3.29. The van der Waals surface area contributed by atoms with Gasteiger partial charge in [0.1, 0.15) is 4.90 Å². The molecule has 0 fully saturated rings. The van der Waals surface area contributed by atoms with E-state index in [0.717, 1.165) is 4.31 Å². The van der Waals surface area contributed by atoms with Gasteiger partial charge in [-0.2, -0.15) is 9.57 Å². The maximum atomic E-state index is 12.0. The fourth-order valence-corrected chi connectivity index (χ4v) is 2.62. The van der Waals surface area contributed by atoms with Crippen LogP contribution in [0.3, 0.4) is 0 Å². The van der Waals surface area contributed by atoms with Crippen LogP contribution in [0.15, 0.2) is 23.4 Å². The zero-order valence-electron chi connectivity index (χ0n) is 8.59. The molecule has 0 amide bonds. The molecule has 0 saturated carbocycles. The first-order valence-electron chi connectivity index (χ1n) is 4.43. The number of sulfonamides is 1. The summed E-state index contributed by atoms with van der Waals surface area (Å²) >= 11 is 5.78. The lowest BCUT2D eigenvalue weighted by Gasteiger charge is -2.15. The number of hydrogen-bond acceptors (Lipinski definition) is 4. The van der Waals surface area contributed by atoms with Crippen LogP contribution in [0, 0.1) is 11.3 Å². The van der Waals surface area contributed by atoms with Gasteiger partial charge in [-0.3, -0.25) is 4.98 Å². The highest BCUT2D eigenvalue weighted by atomic mass is 35.5. The molecule has 1 rings (SSSR count). The van der Waals surface area contributed by atoms with Gasteiger partial charge in [0.25, 0.3) is 0 Å². The molecule has 0 aliphatic rings. The normalized spacial score (nSPS) is 11.4. The van der Waals surface area contributed by atoms with Crippen molar-refractivity contribution in [2.45, 2.75) is 11.3 Å². The van der Waals surface area contributed by atoms with Gasteiger partial charge in [-0.15, -0.1) is 0 Å². The highest BCUT2D eigenvalue weighted by Gasteiger charge is 2.23. The zero-order chi connectivity index (χ0) is 12.2. The summed E-state index contributed by atoms with van der Waals surface area (Å²) in [6.45, 7) is 0.129. The largest absolute Gasteiger partial charge is 0.263 e. The standard InChI is InChI=1S/C9H10ClN3O2S/c1-13(6-2-4-11)16(14,15)9-7-12-5-3-8(9)10/h3,5,7H,2,6H2,1H3. The molecule has 1 aromatic rings. The van der Waals surface area contributed by atoms with E-state index in [4.69, 9.17) is 16.9 Å². The minimum atomic E-state index is -3.65. The van der Waals surface area contributed by atoms with Crippen molar-refractivity contribution in [3.63, 3.8) is 0 Å². The number of aromatic nitrogens is 1. The Hall–Kier alpha value is -1.16. The van der Waals surface area contributed by atoms with Crippen molar-refractivity contribution in [3.8, 4) is 6.07 Å². The van der Waals surface area contributed by atoms with Crippen molar-refractivity contribution in [2.24, 2.45) is 0 Å². The van der Waals surface area contributed by atoms with Crippen molar-refractivity contribution >= 4 is 21.6 Å². The Labute approximate surface area is 99.3 Å². The Kier molecular flexibility index (Phi) is 4.24. The minimum Gasteiger partial charge on any atom is -0.263 e. The van der Waals surface area contributed by atoms with Crippen LogP contribution in [-0.4, -0.2) is 31.3 Å². The molecule has 0 unspecified atom stereocenters. The van der Waals surface area contributed by atoms with Crippen LogP contribution in [-0.2, 0) is 10.0 Å². The number of rotatable bonds is 4. The first kappa shape index (κ1) is 12.9. The van der Waals surface area contributed by atoms with E-state index >= 15 is 0 Å². The number of nitrogens with zero attached hydrogens (tertiary/aromatic N) is 3. The molecule has 7 heteroatoms. The third kappa shape index (κ3) is 2.70. The second kappa shape index (κ2) is 5.25. The fourth-order valence-electron chi connectivity index (χ4n) is 1.05. The number of hydrogen-bond donors (Lipinski definition) is 0. The smallest absolute Gasteiger partial charge is 0.245 e. The summed E-state index contributed by atoms with van der Waals surface area (Å²) in [5.74, 6) is 0. The van der Waals surface area contributed by atoms with Crippen molar-refractivity contribution in [3.05, 3.63) is 23.5 Å². The zero-order valence-corrected chi connectivity index (χ0v) is 10.2. The SMILES string of the molecule is CN(CCC#N)S(=O)(=O)c1cnccc1Cl. The van der Waals surface area contributed by atoms with Crippen molar-refractivity contribution in [1.29, 1.82) is 5.26 Å². The van der Waals surface area contributed by atoms with Gasteiger partial charge in [0.2, 0.25) is 10.0 Å². The molecule has 0 atom stereocenters. The number of pyridine rings is 1. The molecule has 16 heavy (non-hydrogen) atoms. The van der Waals surface area contributed by atoms with Gasteiger partial charge in [-0.1, -0.05) is 11.6 Å². The van der Waals surface area contributed by atoms with Crippen LogP contribution in [0.1, 0.15) is 6.42 Å². The molecule has 0 aliphatic carbocycles. The Bertz CT molecular complexity index is 510.